The molecule has 6 nitrogen and oxygen atoms in total. The maximum absolute atomic E-state index is 12.0. The van der Waals surface area contributed by atoms with E-state index < -0.39 is 10.0 Å². The van der Waals surface area contributed by atoms with Crippen molar-refractivity contribution in [3.05, 3.63) is 65.2 Å². The second-order valence-corrected chi connectivity index (χ2v) is 7.99. The average molecular weight is 388 g/mol. The first kappa shape index (κ1) is 20.8. The van der Waals surface area contributed by atoms with E-state index in [1.807, 2.05) is 19.1 Å². The summed E-state index contributed by atoms with van der Waals surface area (Å²) in [5.41, 5.74) is 2.67. The van der Waals surface area contributed by atoms with Crippen molar-refractivity contribution < 1.29 is 18.0 Å². The Bertz CT molecular complexity index is 889. The summed E-state index contributed by atoms with van der Waals surface area (Å²) in [7, 11) is -3.68. The molecule has 0 aliphatic carbocycles. The fourth-order valence-electron chi connectivity index (χ4n) is 2.57. The van der Waals surface area contributed by atoms with Crippen LogP contribution in [-0.2, 0) is 21.2 Å². The molecule has 0 heterocycles. The lowest BCUT2D eigenvalue weighted by atomic mass is 10.0. The van der Waals surface area contributed by atoms with Gasteiger partial charge < -0.3 is 5.32 Å². The van der Waals surface area contributed by atoms with Crippen molar-refractivity contribution in [2.24, 2.45) is 5.14 Å². The minimum Gasteiger partial charge on any atom is -0.356 e. The number of benzene rings is 2. The zero-order valence-electron chi connectivity index (χ0n) is 15.3. The molecule has 2 aromatic carbocycles. The molecule has 27 heavy (non-hydrogen) atoms. The second-order valence-electron chi connectivity index (χ2n) is 6.43. The Morgan fingerprint density at radius 3 is 2.19 bits per heavy atom. The molecule has 144 valence electrons. The number of rotatable bonds is 9. The van der Waals surface area contributed by atoms with E-state index in [0.717, 1.165) is 11.1 Å². The quantitative estimate of drug-likeness (QED) is 0.508. The van der Waals surface area contributed by atoms with Gasteiger partial charge in [0.2, 0.25) is 15.9 Å². The number of aryl methyl sites for hydroxylation is 2. The molecule has 0 unspecified atom stereocenters. The number of nitrogens with two attached hydrogens (primary N) is 1. The van der Waals surface area contributed by atoms with Gasteiger partial charge in [-0.25, -0.2) is 13.6 Å². The van der Waals surface area contributed by atoms with Crippen molar-refractivity contribution in [3.8, 4) is 0 Å². The number of ketones is 1. The maximum atomic E-state index is 12.0. The first-order valence-corrected chi connectivity index (χ1v) is 10.3. The lowest BCUT2D eigenvalue weighted by Gasteiger charge is -2.06. The van der Waals surface area contributed by atoms with E-state index in [1.54, 1.807) is 24.3 Å². The van der Waals surface area contributed by atoms with Gasteiger partial charge in [0.25, 0.3) is 0 Å². The molecular weight excluding hydrogens is 364 g/mol. The number of hydrogen-bond donors (Lipinski definition) is 2. The molecule has 0 bridgehead atoms. The molecule has 7 heteroatoms. The summed E-state index contributed by atoms with van der Waals surface area (Å²) < 4.78 is 22.4. The minimum atomic E-state index is -3.68. The van der Waals surface area contributed by atoms with Crippen LogP contribution >= 0.6 is 0 Å². The number of nitrogens with one attached hydrogen (secondary N) is 1. The summed E-state index contributed by atoms with van der Waals surface area (Å²) in [5, 5.41) is 7.85. The van der Waals surface area contributed by atoms with Gasteiger partial charge in [0.1, 0.15) is 0 Å². The second kappa shape index (κ2) is 9.43. The minimum absolute atomic E-state index is 0.0416. The zero-order valence-corrected chi connectivity index (χ0v) is 16.1. The van der Waals surface area contributed by atoms with Crippen molar-refractivity contribution in [1.82, 2.24) is 5.32 Å². The van der Waals surface area contributed by atoms with E-state index in [9.17, 15) is 18.0 Å². The van der Waals surface area contributed by atoms with Gasteiger partial charge in [-0.3, -0.25) is 9.59 Å². The van der Waals surface area contributed by atoms with Crippen molar-refractivity contribution in [1.29, 1.82) is 0 Å². The Morgan fingerprint density at radius 2 is 1.59 bits per heavy atom. The number of carbonyl (C=O) groups is 2. The summed E-state index contributed by atoms with van der Waals surface area (Å²) in [6.07, 6.45) is 1.76. The van der Waals surface area contributed by atoms with Crippen molar-refractivity contribution in [2.75, 3.05) is 6.54 Å². The molecule has 1 amide bonds. The molecule has 0 aromatic heterocycles. The Kier molecular flexibility index (Phi) is 7.27. The van der Waals surface area contributed by atoms with Crippen LogP contribution in [0.3, 0.4) is 0 Å². The third-order valence-corrected chi connectivity index (χ3v) is 5.10. The number of hydrogen-bond acceptors (Lipinski definition) is 4. The maximum Gasteiger partial charge on any atom is 0.238 e. The van der Waals surface area contributed by atoms with Gasteiger partial charge >= 0.3 is 0 Å². The molecule has 3 N–H and O–H groups in total. The van der Waals surface area contributed by atoms with Gasteiger partial charge in [-0.2, -0.15) is 0 Å². The van der Waals surface area contributed by atoms with Crippen LogP contribution in [0.1, 0.15) is 40.7 Å². The summed E-state index contributed by atoms with van der Waals surface area (Å²) in [6, 6.07) is 13.7. The van der Waals surface area contributed by atoms with Gasteiger partial charge in [0.15, 0.2) is 5.78 Å². The van der Waals surface area contributed by atoms with Crippen LogP contribution in [0.4, 0.5) is 0 Å². The van der Waals surface area contributed by atoms with Crippen molar-refractivity contribution >= 4 is 21.7 Å². The van der Waals surface area contributed by atoms with E-state index in [-0.39, 0.29) is 29.4 Å². The Morgan fingerprint density at radius 1 is 0.963 bits per heavy atom. The SMILES string of the molecule is Cc1ccc(C(=O)CCC(=O)NCCCc2ccc(S(N)(=O)=O)cc2)cc1. The van der Waals surface area contributed by atoms with Crippen LogP contribution in [0.15, 0.2) is 53.4 Å². The van der Waals surface area contributed by atoms with Crippen molar-refractivity contribution in [2.45, 2.75) is 37.5 Å². The monoisotopic (exact) mass is 388 g/mol. The normalized spacial score (nSPS) is 11.2. The lowest BCUT2D eigenvalue weighted by Crippen LogP contribution is -2.25. The van der Waals surface area contributed by atoms with Gasteiger partial charge in [-0.05, 0) is 37.5 Å². The molecule has 0 aliphatic heterocycles. The van der Waals surface area contributed by atoms with Crippen molar-refractivity contribution in [3.63, 3.8) is 0 Å². The highest BCUT2D eigenvalue weighted by Crippen LogP contribution is 2.10. The molecule has 0 radical (unpaired) electrons. The lowest BCUT2D eigenvalue weighted by molar-refractivity contribution is -0.121. The fraction of sp³-hybridized carbons (Fsp3) is 0.300. The van der Waals surface area contributed by atoms with E-state index in [1.165, 1.54) is 12.1 Å². The number of carbonyl (C=O) groups excluding carboxylic acids is 2. The molecule has 0 fully saturated rings. The molecule has 0 aliphatic rings. The average Bonchev–Trinajstić information content (AvgIpc) is 2.63. The Labute approximate surface area is 159 Å². The first-order valence-electron chi connectivity index (χ1n) is 8.74. The summed E-state index contributed by atoms with van der Waals surface area (Å²) in [5.74, 6) is -0.194. The summed E-state index contributed by atoms with van der Waals surface area (Å²) in [6.45, 7) is 2.45. The number of primary sulfonamides is 1. The fourth-order valence-corrected chi connectivity index (χ4v) is 3.08. The summed E-state index contributed by atoms with van der Waals surface area (Å²) in [4.78, 5) is 24.0. The zero-order chi connectivity index (χ0) is 19.9. The third kappa shape index (κ3) is 6.96. The summed E-state index contributed by atoms with van der Waals surface area (Å²) >= 11 is 0. The molecule has 2 aromatic rings. The standard InChI is InChI=1S/C20H24N2O4S/c1-15-4-8-17(9-5-15)19(23)12-13-20(24)22-14-2-3-16-6-10-18(11-7-16)27(21,25)26/h4-11H,2-3,12-14H2,1H3,(H,22,24)(H2,21,25,26). The molecule has 0 saturated carbocycles. The predicted molar refractivity (Wildman–Crippen MR) is 104 cm³/mol. The molecule has 0 saturated heterocycles. The Hall–Kier alpha value is -2.51. The van der Waals surface area contributed by atoms with Crippen LogP contribution in [0, 0.1) is 6.92 Å². The van der Waals surface area contributed by atoms with Crippen LogP contribution < -0.4 is 10.5 Å². The molecular formula is C20H24N2O4S. The molecule has 0 spiro atoms. The van der Waals surface area contributed by atoms with Crippen LogP contribution in [-0.4, -0.2) is 26.7 Å². The highest BCUT2D eigenvalue weighted by atomic mass is 32.2. The van der Waals surface area contributed by atoms with Crippen LogP contribution in [0.25, 0.3) is 0 Å². The highest BCUT2D eigenvalue weighted by molar-refractivity contribution is 7.89. The van der Waals surface area contributed by atoms with E-state index >= 15 is 0 Å². The van der Waals surface area contributed by atoms with E-state index in [4.69, 9.17) is 5.14 Å². The van der Waals surface area contributed by atoms with Crippen LogP contribution in [0.5, 0.6) is 0 Å². The largest absolute Gasteiger partial charge is 0.356 e. The smallest absolute Gasteiger partial charge is 0.238 e. The Balaban J connectivity index is 1.67. The van der Waals surface area contributed by atoms with Gasteiger partial charge in [-0.1, -0.05) is 42.0 Å². The van der Waals surface area contributed by atoms with Gasteiger partial charge in [-0.15, -0.1) is 0 Å². The topological polar surface area (TPSA) is 106 Å². The highest BCUT2D eigenvalue weighted by Gasteiger charge is 2.09. The van der Waals surface area contributed by atoms with Crippen LogP contribution in [0.2, 0.25) is 0 Å². The van der Waals surface area contributed by atoms with E-state index in [2.05, 4.69) is 5.32 Å². The number of sulfonamides is 1. The van der Waals surface area contributed by atoms with Gasteiger partial charge in [0, 0.05) is 24.9 Å². The predicted octanol–water partition coefficient (Wildman–Crippen LogP) is 2.35. The molecule has 0 atom stereocenters. The third-order valence-electron chi connectivity index (χ3n) is 4.17. The molecule has 2 rings (SSSR count). The first-order chi connectivity index (χ1) is 12.8. The van der Waals surface area contributed by atoms with E-state index in [0.29, 0.717) is 24.9 Å². The van der Waals surface area contributed by atoms with Gasteiger partial charge in [0.05, 0.1) is 4.90 Å². The number of amides is 1. The number of Topliss-reactive ketones (excluding diaryl/α,β-unsaturated/α-hetero) is 1.